The Morgan fingerprint density at radius 2 is 1.36 bits per heavy atom. The summed E-state index contributed by atoms with van der Waals surface area (Å²) in [7, 11) is 0. The van der Waals surface area contributed by atoms with Crippen LogP contribution in [0.15, 0.2) is 48.5 Å². The minimum absolute atomic E-state index is 0.130. The van der Waals surface area contributed by atoms with E-state index in [0.717, 1.165) is 17.5 Å². The van der Waals surface area contributed by atoms with E-state index >= 15 is 0 Å². The van der Waals surface area contributed by atoms with Crippen LogP contribution in [0.25, 0.3) is 0 Å². The second-order valence-electron chi connectivity index (χ2n) is 5.74. The number of rotatable bonds is 4. The number of phenolic OH excluding ortho intramolecular Hbond substituents is 2. The van der Waals surface area contributed by atoms with Gasteiger partial charge in [-0.3, -0.25) is 4.79 Å². The van der Waals surface area contributed by atoms with E-state index in [1.165, 1.54) is 0 Å². The highest BCUT2D eigenvalue weighted by molar-refractivity contribution is 5.75. The van der Waals surface area contributed by atoms with E-state index in [0.29, 0.717) is 13.0 Å². The molecule has 4 nitrogen and oxygen atoms in total. The average molecular weight is 298 g/mol. The van der Waals surface area contributed by atoms with Crippen LogP contribution in [-0.4, -0.2) is 22.8 Å². The van der Waals surface area contributed by atoms with E-state index in [2.05, 4.69) is 0 Å². The number of phenols is 2. The highest BCUT2D eigenvalue weighted by atomic mass is 16.5. The van der Waals surface area contributed by atoms with E-state index < -0.39 is 0 Å². The molecule has 2 aromatic carbocycles. The summed E-state index contributed by atoms with van der Waals surface area (Å²) in [6.45, 7) is 0.433. The van der Waals surface area contributed by atoms with E-state index in [1.54, 1.807) is 24.3 Å². The van der Waals surface area contributed by atoms with Crippen molar-refractivity contribution >= 4 is 5.97 Å². The Bertz CT molecular complexity index is 646. The number of aromatic hydroxyl groups is 2. The summed E-state index contributed by atoms with van der Waals surface area (Å²) in [5.74, 6) is 0.266. The van der Waals surface area contributed by atoms with Gasteiger partial charge >= 0.3 is 5.97 Å². The summed E-state index contributed by atoms with van der Waals surface area (Å²) < 4.78 is 5.23. The van der Waals surface area contributed by atoms with Crippen LogP contribution in [0.2, 0.25) is 0 Å². The third kappa shape index (κ3) is 3.22. The van der Waals surface area contributed by atoms with Crippen molar-refractivity contribution in [3.63, 3.8) is 0 Å². The number of hydrogen-bond acceptors (Lipinski definition) is 4. The van der Waals surface area contributed by atoms with Crippen LogP contribution in [0, 0.1) is 11.8 Å². The number of cyclic esters (lactones) is 1. The van der Waals surface area contributed by atoms with Crippen LogP contribution in [0.5, 0.6) is 11.5 Å². The van der Waals surface area contributed by atoms with E-state index in [9.17, 15) is 15.0 Å². The second kappa shape index (κ2) is 6.10. The second-order valence-corrected chi connectivity index (χ2v) is 5.74. The van der Waals surface area contributed by atoms with Crippen molar-refractivity contribution in [3.8, 4) is 11.5 Å². The molecule has 0 spiro atoms. The molecule has 2 N–H and O–H groups in total. The van der Waals surface area contributed by atoms with Crippen molar-refractivity contribution in [1.82, 2.24) is 0 Å². The van der Waals surface area contributed by atoms with Crippen molar-refractivity contribution in [2.24, 2.45) is 11.8 Å². The highest BCUT2D eigenvalue weighted by Gasteiger charge is 2.36. The fourth-order valence-corrected chi connectivity index (χ4v) is 2.88. The molecule has 3 rings (SSSR count). The number of carbonyl (C=O) groups excluding carboxylic acids is 1. The van der Waals surface area contributed by atoms with Gasteiger partial charge in [-0.1, -0.05) is 24.3 Å². The number of carbonyl (C=O) groups is 1. The van der Waals surface area contributed by atoms with Gasteiger partial charge in [0.15, 0.2) is 0 Å². The minimum atomic E-state index is -0.168. The molecule has 2 aromatic rings. The smallest absolute Gasteiger partial charge is 0.309 e. The number of hydrogen-bond donors (Lipinski definition) is 2. The first-order valence-corrected chi connectivity index (χ1v) is 7.34. The molecular weight excluding hydrogens is 280 g/mol. The molecule has 1 aliphatic rings. The van der Waals surface area contributed by atoms with Crippen LogP contribution in [0.1, 0.15) is 11.1 Å². The lowest BCUT2D eigenvalue weighted by Crippen LogP contribution is -2.20. The molecule has 0 bridgehead atoms. The standard InChI is InChI=1S/C18H18O4/c19-15-5-1-12(2-6-15)9-14-11-22-18(21)17(14)10-13-3-7-16(20)8-4-13/h1-8,14,17,19-20H,9-11H2/t14-,17+/m1/s1. The van der Waals surface area contributed by atoms with Crippen molar-refractivity contribution in [1.29, 1.82) is 0 Å². The molecule has 22 heavy (non-hydrogen) atoms. The maximum atomic E-state index is 12.0. The molecule has 4 heteroatoms. The first-order chi connectivity index (χ1) is 10.6. The molecule has 0 radical (unpaired) electrons. The number of benzene rings is 2. The zero-order valence-corrected chi connectivity index (χ0v) is 12.1. The zero-order chi connectivity index (χ0) is 15.5. The first kappa shape index (κ1) is 14.4. The van der Waals surface area contributed by atoms with Gasteiger partial charge in [-0.25, -0.2) is 0 Å². The van der Waals surface area contributed by atoms with Crippen molar-refractivity contribution in [2.45, 2.75) is 12.8 Å². The number of ether oxygens (including phenoxy) is 1. The Labute approximate surface area is 129 Å². The van der Waals surface area contributed by atoms with Crippen molar-refractivity contribution in [3.05, 3.63) is 59.7 Å². The largest absolute Gasteiger partial charge is 0.508 e. The molecule has 0 saturated carbocycles. The quantitative estimate of drug-likeness (QED) is 0.852. The Morgan fingerprint density at radius 3 is 1.91 bits per heavy atom. The Balaban J connectivity index is 1.71. The van der Waals surface area contributed by atoms with Crippen LogP contribution in [-0.2, 0) is 22.4 Å². The number of esters is 1. The molecule has 0 aromatic heterocycles. The molecule has 0 aliphatic carbocycles. The molecule has 0 amide bonds. The molecule has 1 fully saturated rings. The van der Waals surface area contributed by atoms with E-state index in [1.807, 2.05) is 24.3 Å². The molecule has 0 unspecified atom stereocenters. The van der Waals surface area contributed by atoms with Gasteiger partial charge in [-0.15, -0.1) is 0 Å². The Kier molecular flexibility index (Phi) is 4.00. The molecule has 1 heterocycles. The van der Waals surface area contributed by atoms with Crippen LogP contribution < -0.4 is 0 Å². The fourth-order valence-electron chi connectivity index (χ4n) is 2.88. The highest BCUT2D eigenvalue weighted by Crippen LogP contribution is 2.29. The predicted octanol–water partition coefficient (Wildman–Crippen LogP) is 2.67. The third-order valence-electron chi connectivity index (χ3n) is 4.14. The molecule has 114 valence electrons. The first-order valence-electron chi connectivity index (χ1n) is 7.34. The minimum Gasteiger partial charge on any atom is -0.508 e. The third-order valence-corrected chi connectivity index (χ3v) is 4.14. The van der Waals surface area contributed by atoms with Crippen molar-refractivity contribution in [2.75, 3.05) is 6.61 Å². The normalized spacial score (nSPS) is 20.8. The van der Waals surface area contributed by atoms with Gasteiger partial charge in [0.25, 0.3) is 0 Å². The van der Waals surface area contributed by atoms with E-state index in [-0.39, 0.29) is 29.3 Å². The summed E-state index contributed by atoms with van der Waals surface area (Å²) in [6.07, 6.45) is 1.36. The van der Waals surface area contributed by atoms with Crippen LogP contribution in [0.3, 0.4) is 0 Å². The molecule has 2 atom stereocenters. The summed E-state index contributed by atoms with van der Waals surface area (Å²) in [5, 5.41) is 18.7. The van der Waals surface area contributed by atoms with Gasteiger partial charge in [-0.05, 0) is 48.2 Å². The van der Waals surface area contributed by atoms with Crippen LogP contribution in [0.4, 0.5) is 0 Å². The lowest BCUT2D eigenvalue weighted by atomic mass is 9.85. The summed E-state index contributed by atoms with van der Waals surface area (Å²) in [4.78, 5) is 12.0. The van der Waals surface area contributed by atoms with E-state index in [4.69, 9.17) is 4.74 Å². The van der Waals surface area contributed by atoms with Gasteiger partial charge in [0, 0.05) is 5.92 Å². The SMILES string of the molecule is O=C1OC[C@@H](Cc2ccc(O)cc2)[C@@H]1Cc1ccc(O)cc1. The van der Waals surface area contributed by atoms with Gasteiger partial charge in [0.05, 0.1) is 12.5 Å². The summed E-state index contributed by atoms with van der Waals surface area (Å²) in [5.41, 5.74) is 2.09. The lowest BCUT2D eigenvalue weighted by molar-refractivity contribution is -0.141. The monoisotopic (exact) mass is 298 g/mol. The predicted molar refractivity (Wildman–Crippen MR) is 81.6 cm³/mol. The maximum Gasteiger partial charge on any atom is 0.309 e. The van der Waals surface area contributed by atoms with Gasteiger partial charge in [0.1, 0.15) is 11.5 Å². The Hall–Kier alpha value is -2.49. The average Bonchev–Trinajstić information content (AvgIpc) is 2.85. The van der Waals surface area contributed by atoms with Crippen molar-refractivity contribution < 1.29 is 19.7 Å². The Morgan fingerprint density at radius 1 is 0.864 bits per heavy atom. The molecule has 1 aliphatic heterocycles. The molecular formula is C18H18O4. The summed E-state index contributed by atoms with van der Waals surface area (Å²) in [6, 6.07) is 14.0. The van der Waals surface area contributed by atoms with Gasteiger partial charge in [-0.2, -0.15) is 0 Å². The maximum absolute atomic E-state index is 12.0. The molecule has 1 saturated heterocycles. The van der Waals surface area contributed by atoms with Gasteiger partial charge < -0.3 is 14.9 Å². The summed E-state index contributed by atoms with van der Waals surface area (Å²) >= 11 is 0. The fraction of sp³-hybridized carbons (Fsp3) is 0.278. The lowest BCUT2D eigenvalue weighted by Gasteiger charge is -2.15. The zero-order valence-electron chi connectivity index (χ0n) is 12.1. The topological polar surface area (TPSA) is 66.8 Å². The van der Waals surface area contributed by atoms with Gasteiger partial charge in [0.2, 0.25) is 0 Å². The van der Waals surface area contributed by atoms with Crippen LogP contribution >= 0.6 is 0 Å².